The van der Waals surface area contributed by atoms with Crippen LogP contribution in [0.5, 0.6) is 5.75 Å². The van der Waals surface area contributed by atoms with Gasteiger partial charge >= 0.3 is 0 Å². The largest absolute Gasteiger partial charge is 0.464 e. The van der Waals surface area contributed by atoms with Crippen LogP contribution in [0.1, 0.15) is 11.1 Å². The number of methoxy groups -OCH3 is 1. The van der Waals surface area contributed by atoms with E-state index in [9.17, 15) is 4.39 Å². The SMILES string of the molecule is [B]c1cnc(NCc2c(F)ccc3c2CC(OC)O3)n2cnnc12. The van der Waals surface area contributed by atoms with Crippen molar-refractivity contribution in [2.45, 2.75) is 19.3 Å². The third-order valence-corrected chi connectivity index (χ3v) is 4.01. The Kier molecular flexibility index (Phi) is 3.57. The summed E-state index contributed by atoms with van der Waals surface area (Å²) >= 11 is 0. The van der Waals surface area contributed by atoms with E-state index in [1.165, 1.54) is 18.6 Å². The minimum Gasteiger partial charge on any atom is -0.464 e. The molecular weight excluding hydrogens is 312 g/mol. The fourth-order valence-corrected chi connectivity index (χ4v) is 2.79. The second-order valence-electron chi connectivity index (χ2n) is 5.41. The Morgan fingerprint density at radius 3 is 3.21 bits per heavy atom. The highest BCUT2D eigenvalue weighted by atomic mass is 19.1. The molecule has 1 aliphatic heterocycles. The molecule has 1 atom stereocenters. The summed E-state index contributed by atoms with van der Waals surface area (Å²) in [7, 11) is 7.36. The monoisotopic (exact) mass is 325 g/mol. The fourth-order valence-electron chi connectivity index (χ4n) is 2.79. The van der Waals surface area contributed by atoms with Gasteiger partial charge in [0.25, 0.3) is 0 Å². The van der Waals surface area contributed by atoms with Crippen LogP contribution in [0.25, 0.3) is 5.65 Å². The summed E-state index contributed by atoms with van der Waals surface area (Å²) in [6.07, 6.45) is 3.09. The van der Waals surface area contributed by atoms with Crippen molar-refractivity contribution >= 4 is 24.9 Å². The second kappa shape index (κ2) is 5.75. The van der Waals surface area contributed by atoms with Crippen LogP contribution in [-0.4, -0.2) is 40.8 Å². The van der Waals surface area contributed by atoms with Gasteiger partial charge in [-0.3, -0.25) is 4.40 Å². The maximum absolute atomic E-state index is 14.3. The Balaban J connectivity index is 1.64. The molecule has 9 heteroatoms. The van der Waals surface area contributed by atoms with Gasteiger partial charge in [0.1, 0.15) is 25.7 Å². The van der Waals surface area contributed by atoms with E-state index in [2.05, 4.69) is 20.5 Å². The van der Waals surface area contributed by atoms with Gasteiger partial charge in [-0.1, -0.05) is 0 Å². The molecule has 0 aliphatic carbocycles. The molecule has 7 nitrogen and oxygen atoms in total. The van der Waals surface area contributed by atoms with Crippen LogP contribution in [0, 0.1) is 5.82 Å². The molecular formula is C15H13BFN5O2. The summed E-state index contributed by atoms with van der Waals surface area (Å²) < 4.78 is 26.7. The van der Waals surface area contributed by atoms with E-state index >= 15 is 0 Å². The van der Waals surface area contributed by atoms with Crippen molar-refractivity contribution in [3.05, 3.63) is 41.6 Å². The highest BCUT2D eigenvalue weighted by molar-refractivity contribution is 6.36. The number of ether oxygens (including phenoxy) is 2. The predicted molar refractivity (Wildman–Crippen MR) is 85.0 cm³/mol. The first-order chi connectivity index (χ1) is 11.7. The van der Waals surface area contributed by atoms with Gasteiger partial charge in [0, 0.05) is 37.4 Å². The fraction of sp³-hybridized carbons (Fsp3) is 0.267. The molecule has 0 fully saturated rings. The van der Waals surface area contributed by atoms with Crippen molar-refractivity contribution in [1.82, 2.24) is 19.6 Å². The van der Waals surface area contributed by atoms with Gasteiger partial charge in [0.2, 0.25) is 12.2 Å². The normalized spacial score (nSPS) is 16.2. The first kappa shape index (κ1) is 14.9. The molecule has 24 heavy (non-hydrogen) atoms. The predicted octanol–water partition coefficient (Wildman–Crippen LogP) is 0.577. The molecule has 0 saturated carbocycles. The number of nitrogens with one attached hydrogen (secondary N) is 1. The number of hydrogen-bond acceptors (Lipinski definition) is 6. The summed E-state index contributed by atoms with van der Waals surface area (Å²) in [6, 6.07) is 3.01. The lowest BCUT2D eigenvalue weighted by Crippen LogP contribution is -2.16. The highest BCUT2D eigenvalue weighted by Gasteiger charge is 2.27. The van der Waals surface area contributed by atoms with Gasteiger partial charge in [0.05, 0.1) is 0 Å². The third kappa shape index (κ3) is 2.37. The van der Waals surface area contributed by atoms with Gasteiger partial charge in [-0.15, -0.1) is 10.2 Å². The van der Waals surface area contributed by atoms with Crippen molar-refractivity contribution < 1.29 is 13.9 Å². The number of fused-ring (bicyclic) bond motifs is 2. The van der Waals surface area contributed by atoms with Gasteiger partial charge in [-0.25, -0.2) is 9.37 Å². The average Bonchev–Trinajstić information content (AvgIpc) is 3.22. The lowest BCUT2D eigenvalue weighted by atomic mass is 10.00. The van der Waals surface area contributed by atoms with E-state index < -0.39 is 0 Å². The van der Waals surface area contributed by atoms with Crippen LogP contribution in [0.3, 0.4) is 0 Å². The molecule has 1 N–H and O–H groups in total. The number of halogens is 1. The number of benzene rings is 1. The van der Waals surface area contributed by atoms with Crippen LogP contribution in [0.4, 0.5) is 10.3 Å². The van der Waals surface area contributed by atoms with Gasteiger partial charge in [0.15, 0.2) is 5.65 Å². The summed E-state index contributed by atoms with van der Waals surface area (Å²) in [6.45, 7) is 0.235. The summed E-state index contributed by atoms with van der Waals surface area (Å²) in [5.41, 5.74) is 2.23. The standard InChI is InChI=1S/C15H13BFN5O2/c1-23-13-4-8-9(11(17)2-3-12(8)24-13)5-18-15-19-6-10(16)14-21-20-7-22(14)15/h2-3,6-7,13H,4-5H2,1H3,(H,18,19). The number of anilines is 1. The Morgan fingerprint density at radius 1 is 1.50 bits per heavy atom. The molecule has 0 amide bonds. The minimum absolute atomic E-state index is 0.235. The Labute approximate surface area is 138 Å². The maximum atomic E-state index is 14.3. The number of nitrogens with zero attached hydrogens (tertiary/aromatic N) is 4. The van der Waals surface area contributed by atoms with Crippen LogP contribution in [0.15, 0.2) is 24.7 Å². The van der Waals surface area contributed by atoms with E-state index in [1.54, 1.807) is 17.6 Å². The Bertz CT molecular complexity index is 916. The molecule has 3 heterocycles. The van der Waals surface area contributed by atoms with Crippen molar-refractivity contribution in [1.29, 1.82) is 0 Å². The van der Waals surface area contributed by atoms with Crippen LogP contribution in [-0.2, 0) is 17.7 Å². The lowest BCUT2D eigenvalue weighted by molar-refractivity contribution is -0.0367. The molecule has 120 valence electrons. The van der Waals surface area contributed by atoms with Gasteiger partial charge in [-0.2, -0.15) is 0 Å². The molecule has 0 saturated heterocycles. The van der Waals surface area contributed by atoms with Gasteiger partial charge < -0.3 is 14.8 Å². The van der Waals surface area contributed by atoms with E-state index in [1.807, 2.05) is 0 Å². The van der Waals surface area contributed by atoms with Crippen LogP contribution in [0.2, 0.25) is 0 Å². The van der Waals surface area contributed by atoms with Crippen LogP contribution >= 0.6 is 0 Å². The number of aromatic nitrogens is 4. The highest BCUT2D eigenvalue weighted by Crippen LogP contribution is 2.33. The molecule has 1 aromatic carbocycles. The van der Waals surface area contributed by atoms with E-state index in [0.29, 0.717) is 34.8 Å². The zero-order valence-corrected chi connectivity index (χ0v) is 12.9. The van der Waals surface area contributed by atoms with Gasteiger partial charge in [-0.05, 0) is 17.6 Å². The quantitative estimate of drug-likeness (QED) is 0.708. The van der Waals surface area contributed by atoms with Crippen molar-refractivity contribution in [2.75, 3.05) is 12.4 Å². The van der Waals surface area contributed by atoms with E-state index in [4.69, 9.17) is 17.3 Å². The average molecular weight is 325 g/mol. The van der Waals surface area contributed by atoms with Crippen molar-refractivity contribution in [2.24, 2.45) is 0 Å². The number of rotatable bonds is 4. The molecule has 0 bridgehead atoms. The minimum atomic E-state index is -0.389. The van der Waals surface area contributed by atoms with E-state index in [0.717, 1.165) is 5.56 Å². The first-order valence-corrected chi connectivity index (χ1v) is 7.35. The smallest absolute Gasteiger partial charge is 0.210 e. The first-order valence-electron chi connectivity index (χ1n) is 7.35. The molecule has 4 rings (SSSR count). The zero-order chi connectivity index (χ0) is 16.7. The topological polar surface area (TPSA) is 73.6 Å². The molecule has 1 aliphatic rings. The molecule has 0 spiro atoms. The lowest BCUT2D eigenvalue weighted by Gasteiger charge is -2.11. The van der Waals surface area contributed by atoms with Crippen LogP contribution < -0.4 is 15.5 Å². The van der Waals surface area contributed by atoms with Crippen molar-refractivity contribution in [3.8, 4) is 5.75 Å². The van der Waals surface area contributed by atoms with Crippen molar-refractivity contribution in [3.63, 3.8) is 0 Å². The zero-order valence-electron chi connectivity index (χ0n) is 12.9. The summed E-state index contributed by atoms with van der Waals surface area (Å²) in [5.74, 6) is 0.806. The Hall–Kier alpha value is -2.68. The molecule has 2 aromatic heterocycles. The second-order valence-corrected chi connectivity index (χ2v) is 5.41. The Morgan fingerprint density at radius 2 is 2.38 bits per heavy atom. The number of hydrogen-bond donors (Lipinski definition) is 1. The maximum Gasteiger partial charge on any atom is 0.210 e. The van der Waals surface area contributed by atoms with E-state index in [-0.39, 0.29) is 18.7 Å². The summed E-state index contributed by atoms with van der Waals surface area (Å²) in [4.78, 5) is 4.22. The third-order valence-electron chi connectivity index (χ3n) is 4.01. The molecule has 1 unspecified atom stereocenters. The molecule has 2 radical (unpaired) electrons. The molecule has 3 aromatic rings. The summed E-state index contributed by atoms with van der Waals surface area (Å²) in [5, 5.41) is 10.8.